The van der Waals surface area contributed by atoms with Gasteiger partial charge in [0.25, 0.3) is 0 Å². The van der Waals surface area contributed by atoms with Gasteiger partial charge in [-0.15, -0.1) is 0 Å². The predicted octanol–water partition coefficient (Wildman–Crippen LogP) is 1.02. The molecule has 3 saturated carbocycles. The van der Waals surface area contributed by atoms with Crippen LogP contribution in [0.5, 0.6) is 0 Å². The van der Waals surface area contributed by atoms with E-state index >= 15 is 0 Å². The molecule has 0 radical (unpaired) electrons. The first-order valence-electron chi connectivity index (χ1n) is 14.5. The van der Waals surface area contributed by atoms with Crippen LogP contribution in [0.15, 0.2) is 39.8 Å². The van der Waals surface area contributed by atoms with Crippen molar-refractivity contribution in [3.05, 3.63) is 46.5 Å². The molecule has 2 heterocycles. The average molecular weight is 561 g/mol. The van der Waals surface area contributed by atoms with E-state index in [1.54, 1.807) is 6.07 Å². The molecule has 0 bridgehead atoms. The summed E-state index contributed by atoms with van der Waals surface area (Å²) in [5.74, 6) is -0.290. The lowest BCUT2D eigenvalue weighted by Gasteiger charge is -2.61. The van der Waals surface area contributed by atoms with Crippen LogP contribution in [-0.4, -0.2) is 80.8 Å². The van der Waals surface area contributed by atoms with Gasteiger partial charge in [0.15, 0.2) is 6.29 Å². The molecule has 5 aliphatic rings. The molecular formula is C30H40O10. The van der Waals surface area contributed by atoms with Crippen LogP contribution in [0.2, 0.25) is 0 Å². The smallest absolute Gasteiger partial charge is 0.335 e. The molecule has 40 heavy (non-hydrogen) atoms. The van der Waals surface area contributed by atoms with E-state index in [1.807, 2.05) is 0 Å². The van der Waals surface area contributed by atoms with Crippen molar-refractivity contribution >= 4 is 6.29 Å². The summed E-state index contributed by atoms with van der Waals surface area (Å²) in [4.78, 5) is 24.5. The standard InChI is InChI=1S/C30H40O10/c1-28-9-7-20-21(30(28,37)11-8-19(28)16-2-5-23(33)38-14-16)4-3-17-12-18(6-10-29(17,20)15-32)39-27-26(36)25(35)24(34)22(13-31)40-27/h2-5,14-15,17-22,24-27,31,34-37H,6-13H2,1H3/t17-,18+,19+,20+,21-,22-,24-,25+,26-,27+,28-,29-,30-/m1/s1. The molecule has 1 aromatic rings. The minimum absolute atomic E-state index is 0.0289. The van der Waals surface area contributed by atoms with E-state index in [2.05, 4.69) is 19.1 Å². The van der Waals surface area contributed by atoms with Crippen molar-refractivity contribution in [2.24, 2.45) is 28.6 Å². The van der Waals surface area contributed by atoms with Crippen molar-refractivity contribution in [1.82, 2.24) is 0 Å². The number of carbonyl (C=O) groups is 1. The fourth-order valence-electron chi connectivity index (χ4n) is 9.09. The highest BCUT2D eigenvalue weighted by atomic mass is 16.7. The first kappa shape index (κ1) is 28.2. The van der Waals surface area contributed by atoms with Crippen LogP contribution in [0.3, 0.4) is 0 Å². The van der Waals surface area contributed by atoms with E-state index in [1.165, 1.54) is 12.3 Å². The molecule has 0 unspecified atom stereocenters. The monoisotopic (exact) mass is 560 g/mol. The number of aliphatic hydroxyl groups is 5. The van der Waals surface area contributed by atoms with Gasteiger partial charge in [0, 0.05) is 22.8 Å². The lowest BCUT2D eigenvalue weighted by atomic mass is 9.45. The molecule has 1 saturated heterocycles. The van der Waals surface area contributed by atoms with Crippen LogP contribution in [0.25, 0.3) is 0 Å². The van der Waals surface area contributed by atoms with E-state index in [-0.39, 0.29) is 29.8 Å². The minimum atomic E-state index is -1.51. The van der Waals surface area contributed by atoms with Gasteiger partial charge in [0.05, 0.1) is 24.6 Å². The number of hydrogen-bond donors (Lipinski definition) is 5. The number of fused-ring (bicyclic) bond motifs is 5. The predicted molar refractivity (Wildman–Crippen MR) is 140 cm³/mol. The molecule has 1 aromatic heterocycles. The Morgan fingerprint density at radius 3 is 2.55 bits per heavy atom. The molecule has 10 nitrogen and oxygen atoms in total. The summed E-state index contributed by atoms with van der Waals surface area (Å²) < 4.78 is 16.8. The zero-order valence-electron chi connectivity index (χ0n) is 22.7. The maximum Gasteiger partial charge on any atom is 0.335 e. The molecule has 0 spiro atoms. The van der Waals surface area contributed by atoms with E-state index in [4.69, 9.17) is 13.9 Å². The summed E-state index contributed by atoms with van der Waals surface area (Å²) in [5, 5.41) is 52.5. The molecular weight excluding hydrogens is 520 g/mol. The van der Waals surface area contributed by atoms with Crippen molar-refractivity contribution < 1.29 is 44.2 Å². The van der Waals surface area contributed by atoms with Gasteiger partial charge in [-0.2, -0.15) is 0 Å². The Labute approximate surface area is 232 Å². The minimum Gasteiger partial charge on any atom is -0.431 e. The van der Waals surface area contributed by atoms with Gasteiger partial charge >= 0.3 is 5.63 Å². The topological polar surface area (TPSA) is 167 Å². The first-order valence-corrected chi connectivity index (χ1v) is 14.5. The molecule has 4 fully saturated rings. The van der Waals surface area contributed by atoms with Gasteiger partial charge < -0.3 is 44.2 Å². The zero-order valence-corrected chi connectivity index (χ0v) is 22.7. The maximum atomic E-state index is 12.9. The van der Waals surface area contributed by atoms with Crippen molar-refractivity contribution in [2.75, 3.05) is 6.61 Å². The zero-order chi connectivity index (χ0) is 28.4. The Kier molecular flexibility index (Phi) is 7.13. The van der Waals surface area contributed by atoms with Crippen molar-refractivity contribution in [3.8, 4) is 0 Å². The average Bonchev–Trinajstić information content (AvgIpc) is 3.24. The second kappa shape index (κ2) is 10.1. The largest absolute Gasteiger partial charge is 0.431 e. The lowest BCUT2D eigenvalue weighted by Crippen LogP contribution is -2.62. The summed E-state index contributed by atoms with van der Waals surface area (Å²) in [5.41, 5.74) is -1.56. The molecule has 10 heteroatoms. The Balaban J connectivity index is 1.22. The molecule has 4 aliphatic carbocycles. The second-order valence-corrected chi connectivity index (χ2v) is 12.9. The van der Waals surface area contributed by atoms with E-state index in [9.17, 15) is 35.1 Å². The summed E-state index contributed by atoms with van der Waals surface area (Å²) in [6, 6.07) is 3.23. The summed E-state index contributed by atoms with van der Waals surface area (Å²) in [6.45, 7) is 1.60. The normalized spacial score (nSPS) is 50.0. The highest BCUT2D eigenvalue weighted by molar-refractivity contribution is 5.63. The lowest BCUT2D eigenvalue weighted by molar-refractivity contribution is -0.315. The Hall–Kier alpha value is -1.92. The van der Waals surface area contributed by atoms with Crippen LogP contribution < -0.4 is 5.63 Å². The summed E-state index contributed by atoms with van der Waals surface area (Å²) >= 11 is 0. The number of aldehydes is 1. The van der Waals surface area contributed by atoms with Crippen LogP contribution >= 0.6 is 0 Å². The van der Waals surface area contributed by atoms with Crippen LogP contribution in [0, 0.1) is 28.6 Å². The Morgan fingerprint density at radius 2 is 1.85 bits per heavy atom. The second-order valence-electron chi connectivity index (χ2n) is 12.9. The Bertz CT molecular complexity index is 1180. The number of rotatable bonds is 5. The summed E-state index contributed by atoms with van der Waals surface area (Å²) in [6.07, 6.45) is 4.20. The molecule has 220 valence electrons. The number of allylic oxidation sites excluding steroid dienone is 1. The number of carbonyl (C=O) groups excluding carboxylic acids is 1. The van der Waals surface area contributed by atoms with Gasteiger partial charge in [-0.25, -0.2) is 4.79 Å². The molecule has 0 amide bonds. The maximum absolute atomic E-state index is 12.9. The highest BCUT2D eigenvalue weighted by Crippen LogP contribution is 2.69. The fourth-order valence-corrected chi connectivity index (χ4v) is 9.09. The number of ether oxygens (including phenoxy) is 2. The van der Waals surface area contributed by atoms with Gasteiger partial charge in [-0.05, 0) is 74.3 Å². The van der Waals surface area contributed by atoms with E-state index in [0.717, 1.165) is 31.1 Å². The quantitative estimate of drug-likeness (QED) is 0.259. The van der Waals surface area contributed by atoms with Gasteiger partial charge in [0.2, 0.25) is 0 Å². The van der Waals surface area contributed by atoms with E-state index < -0.39 is 59.4 Å². The SMILES string of the molecule is C[C@]12CC[C@H]3[C@@H](C=C[C@@H]4C[C@@H](O[C@H]5O[C@H](CO)[C@@H](O)[C@H](O)[C@H]5O)CC[C@@]43C=O)[C@]1(O)CC[C@H]2c1ccc(=O)oc1. The molecule has 5 N–H and O–H groups in total. The molecule has 1 aliphatic heterocycles. The van der Waals surface area contributed by atoms with Crippen LogP contribution in [-0.2, 0) is 14.3 Å². The molecule has 6 rings (SSSR count). The highest BCUT2D eigenvalue weighted by Gasteiger charge is 2.67. The first-order chi connectivity index (χ1) is 19.1. The van der Waals surface area contributed by atoms with Crippen molar-refractivity contribution in [3.63, 3.8) is 0 Å². The van der Waals surface area contributed by atoms with E-state index in [0.29, 0.717) is 25.7 Å². The van der Waals surface area contributed by atoms with Gasteiger partial charge in [-0.1, -0.05) is 19.1 Å². The molecule has 0 aromatic carbocycles. The van der Waals surface area contributed by atoms with Gasteiger partial charge in [-0.3, -0.25) is 0 Å². The molecule has 13 atom stereocenters. The third-order valence-electron chi connectivity index (χ3n) is 11.4. The van der Waals surface area contributed by atoms with Crippen molar-refractivity contribution in [2.45, 2.75) is 100 Å². The third kappa shape index (κ3) is 4.02. The number of aliphatic hydroxyl groups excluding tert-OH is 4. The summed E-state index contributed by atoms with van der Waals surface area (Å²) in [7, 11) is 0. The van der Waals surface area contributed by atoms with Crippen LogP contribution in [0.4, 0.5) is 0 Å². The van der Waals surface area contributed by atoms with Crippen molar-refractivity contribution in [1.29, 1.82) is 0 Å². The Morgan fingerprint density at radius 1 is 1.05 bits per heavy atom. The number of hydrogen-bond acceptors (Lipinski definition) is 10. The fraction of sp³-hybridized carbons (Fsp3) is 0.733. The third-order valence-corrected chi connectivity index (χ3v) is 11.4. The van der Waals surface area contributed by atoms with Gasteiger partial charge in [0.1, 0.15) is 30.7 Å². The van der Waals surface area contributed by atoms with Crippen LogP contribution in [0.1, 0.15) is 63.4 Å².